The highest BCUT2D eigenvalue weighted by Crippen LogP contribution is 2.48. The second-order valence-corrected chi connectivity index (χ2v) is 26.3. The lowest BCUT2D eigenvalue weighted by atomic mass is 10.2. The first kappa shape index (κ1) is 50.7. The van der Waals surface area contributed by atoms with Crippen molar-refractivity contribution < 1.29 is 37.0 Å². The van der Waals surface area contributed by atoms with Gasteiger partial charge in [0.25, 0.3) is 0 Å². The molecular formula is C45H61FN7O7PS2Si. The third kappa shape index (κ3) is 14.9. The van der Waals surface area contributed by atoms with E-state index in [1.807, 2.05) is 49.0 Å². The highest BCUT2D eigenvalue weighted by molar-refractivity contribution is 7.53. The van der Waals surface area contributed by atoms with E-state index in [1.54, 1.807) is 37.3 Å². The van der Waals surface area contributed by atoms with E-state index in [-0.39, 0.29) is 37.4 Å². The lowest BCUT2D eigenvalue weighted by Gasteiger charge is -2.22. The Bertz CT molecular complexity index is 2500. The molecule has 19 heteroatoms. The number of aryl methyl sites for hydroxylation is 2. The molecule has 0 aliphatic carbocycles. The average Bonchev–Trinajstić information content (AvgIpc) is 3.82. The molecule has 0 amide bonds. The summed E-state index contributed by atoms with van der Waals surface area (Å²) in [4.78, 5) is 28.2. The van der Waals surface area contributed by atoms with E-state index < -0.39 is 27.5 Å². The quantitative estimate of drug-likeness (QED) is 0.0191. The molecule has 0 spiro atoms. The fraction of sp³-hybridized carbons (Fsp3) is 0.489. The number of carbonyl (C=O) groups is 1. The number of nitrogens with zero attached hydrogens (tertiary/aromatic N) is 7. The Kier molecular flexibility index (Phi) is 19.2. The van der Waals surface area contributed by atoms with Crippen LogP contribution in [0.25, 0.3) is 10.2 Å². The lowest BCUT2D eigenvalue weighted by Crippen LogP contribution is -2.23. The van der Waals surface area contributed by atoms with E-state index in [1.165, 1.54) is 24.5 Å². The summed E-state index contributed by atoms with van der Waals surface area (Å²) in [6, 6.07) is 15.8. The van der Waals surface area contributed by atoms with Crippen LogP contribution in [0, 0.1) is 24.6 Å². The molecule has 3 aromatic heterocycles. The van der Waals surface area contributed by atoms with Gasteiger partial charge in [0.15, 0.2) is 38.8 Å². The molecule has 346 valence electrons. The maximum Gasteiger partial charge on any atom is 0.357 e. The number of esters is 1. The van der Waals surface area contributed by atoms with Crippen molar-refractivity contribution in [1.82, 2.24) is 24.6 Å². The summed E-state index contributed by atoms with van der Waals surface area (Å²) in [5.74, 6) is 5.96. The SMILES string of the molecule is CCOP(=O)(CCCCN(c1cc(C)c(/N=c2\sc3ccccc3n2COCC[Si](C)(C)C)nn1)c1nc(C(=O)OC)c(CCCOc2ccc(C#CCN(C)C)cc2F)s1)OCC. The minimum Gasteiger partial charge on any atom is -0.491 e. The van der Waals surface area contributed by atoms with Crippen molar-refractivity contribution in [2.24, 2.45) is 4.99 Å². The van der Waals surface area contributed by atoms with E-state index in [0.29, 0.717) is 79.3 Å². The van der Waals surface area contributed by atoms with Crippen LogP contribution < -0.4 is 14.4 Å². The molecule has 14 nitrogen and oxygen atoms in total. The number of thiazole rings is 2. The fourth-order valence-electron chi connectivity index (χ4n) is 6.30. The molecule has 5 rings (SSSR count). The molecule has 0 saturated heterocycles. The van der Waals surface area contributed by atoms with Crippen LogP contribution in [0.3, 0.4) is 0 Å². The number of para-hydroxylation sites is 1. The normalized spacial score (nSPS) is 12.2. The molecule has 0 atom stereocenters. The van der Waals surface area contributed by atoms with Crippen LogP contribution in [-0.4, -0.2) is 106 Å². The lowest BCUT2D eigenvalue weighted by molar-refractivity contribution is 0.0593. The number of aromatic nitrogens is 4. The van der Waals surface area contributed by atoms with Crippen LogP contribution >= 0.6 is 30.3 Å². The van der Waals surface area contributed by atoms with E-state index in [2.05, 4.69) is 58.4 Å². The summed E-state index contributed by atoms with van der Waals surface area (Å²) in [5, 5.41) is 9.79. The van der Waals surface area contributed by atoms with Crippen molar-refractivity contribution in [2.45, 2.75) is 78.9 Å². The molecule has 0 aliphatic rings. The Balaban J connectivity index is 1.41. The van der Waals surface area contributed by atoms with E-state index >= 15 is 0 Å². The number of halogens is 1. The van der Waals surface area contributed by atoms with Gasteiger partial charge >= 0.3 is 13.6 Å². The van der Waals surface area contributed by atoms with Crippen LogP contribution in [0.5, 0.6) is 5.75 Å². The number of fused-ring (bicyclic) bond motifs is 1. The molecule has 0 aliphatic heterocycles. The number of benzene rings is 2. The standard InChI is InChI=1S/C45H61FN7O7PS2Si/c1-10-59-61(55,60-11-2)28-15-14-25-52(40-30-33(3)42(50-49-40)48-45-53(32-57-27-29-64(7,8)9)36-19-12-13-20-38(36)62-45)44-47-41(43(54)56-6)39(63-44)21-17-26-58-37-23-22-34(31-35(37)46)18-16-24-51(4)5/h12-13,19-20,22-23,30-31H,10-11,14-15,17,21,24-29,32H2,1-9H3/b48-45-. The van der Waals surface area contributed by atoms with Crippen molar-refractivity contribution in [1.29, 1.82) is 0 Å². The summed E-state index contributed by atoms with van der Waals surface area (Å²) in [7, 11) is 0.623. The van der Waals surface area contributed by atoms with Gasteiger partial charge < -0.3 is 28.2 Å². The van der Waals surface area contributed by atoms with Crippen molar-refractivity contribution >= 4 is 71.3 Å². The summed E-state index contributed by atoms with van der Waals surface area (Å²) in [6.07, 6.45) is 2.22. The predicted octanol–water partition coefficient (Wildman–Crippen LogP) is 9.84. The Morgan fingerprint density at radius 3 is 2.45 bits per heavy atom. The fourth-order valence-corrected chi connectivity index (χ4v) is 10.9. The van der Waals surface area contributed by atoms with Crippen molar-refractivity contribution in [2.75, 3.05) is 71.8 Å². The number of hydrogen-bond acceptors (Lipinski definition) is 15. The van der Waals surface area contributed by atoms with Crippen molar-refractivity contribution in [3.8, 4) is 17.6 Å². The van der Waals surface area contributed by atoms with Gasteiger partial charge in [-0.3, -0.25) is 14.0 Å². The third-order valence-corrected chi connectivity index (χ3v) is 15.7. The van der Waals surface area contributed by atoms with Gasteiger partial charge in [-0.1, -0.05) is 55.0 Å². The Hall–Kier alpha value is -4.31. The van der Waals surface area contributed by atoms with Crippen LogP contribution in [-0.2, 0) is 36.2 Å². The maximum absolute atomic E-state index is 14.9. The third-order valence-electron chi connectivity index (χ3n) is 9.61. The van der Waals surface area contributed by atoms with Crippen LogP contribution in [0.2, 0.25) is 25.7 Å². The van der Waals surface area contributed by atoms with Crippen LogP contribution in [0.4, 0.5) is 21.2 Å². The van der Waals surface area contributed by atoms with Crippen molar-refractivity contribution in [3.63, 3.8) is 0 Å². The molecule has 0 bridgehead atoms. The largest absolute Gasteiger partial charge is 0.491 e. The molecule has 3 heterocycles. The number of rotatable bonds is 24. The molecule has 0 N–H and O–H groups in total. The Morgan fingerprint density at radius 1 is 1.00 bits per heavy atom. The topological polar surface area (TPSA) is 143 Å². The van der Waals surface area contributed by atoms with E-state index in [4.69, 9.17) is 33.2 Å². The number of carbonyl (C=O) groups excluding carboxylic acids is 1. The van der Waals surface area contributed by atoms with Gasteiger partial charge in [0.05, 0.1) is 49.9 Å². The second kappa shape index (κ2) is 24.3. The number of unbranched alkanes of at least 4 members (excludes halogenated alkanes) is 1. The number of methoxy groups -OCH3 is 1. The molecule has 64 heavy (non-hydrogen) atoms. The zero-order valence-electron chi connectivity index (χ0n) is 38.4. The summed E-state index contributed by atoms with van der Waals surface area (Å²) < 4.78 is 59.6. The van der Waals surface area contributed by atoms with Crippen LogP contribution in [0.1, 0.15) is 59.6 Å². The van der Waals surface area contributed by atoms with Gasteiger partial charge in [-0.25, -0.2) is 14.2 Å². The average molecular weight is 954 g/mol. The van der Waals surface area contributed by atoms with Crippen molar-refractivity contribution in [3.05, 3.63) is 80.8 Å². The molecule has 5 aromatic rings. The Labute approximate surface area is 385 Å². The summed E-state index contributed by atoms with van der Waals surface area (Å²) >= 11 is 2.89. The first-order valence-corrected chi connectivity index (χ1v) is 28.5. The number of hydrogen-bond donors (Lipinski definition) is 0. The first-order chi connectivity index (χ1) is 30.6. The number of ether oxygens (including phenoxy) is 3. The molecule has 0 radical (unpaired) electrons. The minimum absolute atomic E-state index is 0.123. The smallest absolute Gasteiger partial charge is 0.357 e. The zero-order chi connectivity index (χ0) is 46.3. The highest BCUT2D eigenvalue weighted by atomic mass is 32.1. The predicted molar refractivity (Wildman–Crippen MR) is 257 cm³/mol. The summed E-state index contributed by atoms with van der Waals surface area (Å²) in [5.41, 5.74) is 2.55. The second-order valence-electron chi connectivity index (χ2n) is 16.4. The zero-order valence-corrected chi connectivity index (χ0v) is 42.0. The molecule has 0 unspecified atom stereocenters. The highest BCUT2D eigenvalue weighted by Gasteiger charge is 2.26. The molecular weight excluding hydrogens is 893 g/mol. The van der Waals surface area contributed by atoms with E-state index in [9.17, 15) is 13.8 Å². The Morgan fingerprint density at radius 2 is 1.77 bits per heavy atom. The molecule has 2 aromatic carbocycles. The van der Waals surface area contributed by atoms with Gasteiger partial charge in [-0.05, 0) is 109 Å². The first-order valence-electron chi connectivity index (χ1n) is 21.5. The minimum atomic E-state index is -3.26. The summed E-state index contributed by atoms with van der Waals surface area (Å²) in [6.45, 7) is 15.3. The maximum atomic E-state index is 14.9. The van der Waals surface area contributed by atoms with Gasteiger partial charge in [-0.15, -0.1) is 21.5 Å². The van der Waals surface area contributed by atoms with Gasteiger partial charge in [0.2, 0.25) is 0 Å². The van der Waals surface area contributed by atoms with Gasteiger partial charge in [-0.2, -0.15) is 4.99 Å². The monoisotopic (exact) mass is 953 g/mol. The number of anilines is 2. The van der Waals surface area contributed by atoms with E-state index in [0.717, 1.165) is 26.6 Å². The molecule has 0 fully saturated rings. The van der Waals surface area contributed by atoms with Gasteiger partial charge in [0.1, 0.15) is 6.73 Å². The molecule has 0 saturated carbocycles. The van der Waals surface area contributed by atoms with Crippen LogP contribution in [0.15, 0.2) is 53.5 Å². The van der Waals surface area contributed by atoms with Gasteiger partial charge in [0, 0.05) is 31.7 Å².